The summed E-state index contributed by atoms with van der Waals surface area (Å²) in [6.07, 6.45) is 3.30. The number of aromatic nitrogens is 1. The van der Waals surface area contributed by atoms with Crippen molar-refractivity contribution in [2.75, 3.05) is 32.5 Å². The van der Waals surface area contributed by atoms with E-state index >= 15 is 0 Å². The van der Waals surface area contributed by atoms with Crippen LogP contribution in [0.25, 0.3) is 0 Å². The monoisotopic (exact) mass is 293 g/mol. The van der Waals surface area contributed by atoms with Crippen LogP contribution in [0.5, 0.6) is 0 Å². The lowest BCUT2D eigenvalue weighted by atomic mass is 10.2. The number of nitro groups is 1. The molecule has 2 heterocycles. The number of anilines is 1. The van der Waals surface area contributed by atoms with Crippen LogP contribution in [-0.4, -0.2) is 53.9 Å². The number of likely N-dealkylation sites (N-methyl/N-ethyl adjacent to an activating group) is 1. The molecule has 1 saturated heterocycles. The number of carbonyl (C=O) groups excluding carboxylic acids is 1. The normalized spacial score (nSPS) is 18.5. The van der Waals surface area contributed by atoms with E-state index in [2.05, 4.69) is 20.5 Å². The largest absolute Gasteiger partial charge is 0.372 e. The standard InChI is InChI=1S/C13H19N5O3/c1-14-12-11(6-10(8-15-12)18(20)21)13(19)16-7-9-4-3-5-17(9)2/h6,8-9H,3-5,7H2,1-2H3,(H,14,15)(H,16,19). The van der Waals surface area contributed by atoms with Crippen molar-refractivity contribution in [3.05, 3.63) is 27.9 Å². The second kappa shape index (κ2) is 6.49. The molecule has 21 heavy (non-hydrogen) atoms. The Bertz CT molecular complexity index is 549. The summed E-state index contributed by atoms with van der Waals surface area (Å²) in [7, 11) is 3.65. The van der Waals surface area contributed by atoms with E-state index in [4.69, 9.17) is 0 Å². The maximum absolute atomic E-state index is 12.2. The van der Waals surface area contributed by atoms with Crippen molar-refractivity contribution in [3.8, 4) is 0 Å². The van der Waals surface area contributed by atoms with Gasteiger partial charge in [0.15, 0.2) is 0 Å². The van der Waals surface area contributed by atoms with Crippen LogP contribution in [0.3, 0.4) is 0 Å². The highest BCUT2D eigenvalue weighted by Gasteiger charge is 2.23. The van der Waals surface area contributed by atoms with Crippen molar-refractivity contribution in [1.29, 1.82) is 0 Å². The summed E-state index contributed by atoms with van der Waals surface area (Å²) in [5.74, 6) is -0.0197. The number of rotatable bonds is 5. The summed E-state index contributed by atoms with van der Waals surface area (Å²) >= 11 is 0. The molecule has 1 atom stereocenters. The molecule has 1 aliphatic heterocycles. The quantitative estimate of drug-likeness (QED) is 0.617. The highest BCUT2D eigenvalue weighted by molar-refractivity contribution is 5.99. The van der Waals surface area contributed by atoms with Gasteiger partial charge >= 0.3 is 0 Å². The second-order valence-electron chi connectivity index (χ2n) is 5.08. The van der Waals surface area contributed by atoms with Crippen molar-refractivity contribution in [1.82, 2.24) is 15.2 Å². The molecule has 1 amide bonds. The fourth-order valence-electron chi connectivity index (χ4n) is 2.47. The molecule has 2 N–H and O–H groups in total. The molecule has 0 bridgehead atoms. The molecular weight excluding hydrogens is 274 g/mol. The number of carbonyl (C=O) groups is 1. The summed E-state index contributed by atoms with van der Waals surface area (Å²) < 4.78 is 0. The maximum atomic E-state index is 12.2. The third kappa shape index (κ3) is 3.46. The summed E-state index contributed by atoms with van der Waals surface area (Å²) in [4.78, 5) is 28.6. The van der Waals surface area contributed by atoms with Gasteiger partial charge < -0.3 is 15.5 Å². The van der Waals surface area contributed by atoms with Crippen molar-refractivity contribution < 1.29 is 9.72 Å². The molecule has 0 saturated carbocycles. The van der Waals surface area contributed by atoms with Crippen LogP contribution in [-0.2, 0) is 0 Å². The minimum absolute atomic E-state index is 0.187. The molecule has 0 aromatic carbocycles. The summed E-state index contributed by atoms with van der Waals surface area (Å²) in [5, 5.41) is 16.4. The van der Waals surface area contributed by atoms with E-state index in [0.717, 1.165) is 25.6 Å². The minimum Gasteiger partial charge on any atom is -0.372 e. The molecule has 0 aliphatic carbocycles. The Morgan fingerprint density at radius 3 is 2.95 bits per heavy atom. The van der Waals surface area contributed by atoms with Crippen molar-refractivity contribution >= 4 is 17.4 Å². The van der Waals surface area contributed by atoms with E-state index < -0.39 is 4.92 Å². The zero-order valence-electron chi connectivity index (χ0n) is 12.1. The van der Waals surface area contributed by atoms with Crippen LogP contribution >= 0.6 is 0 Å². The summed E-state index contributed by atoms with van der Waals surface area (Å²) in [5.41, 5.74) is -0.00974. The van der Waals surface area contributed by atoms with Gasteiger partial charge in [0, 0.05) is 25.7 Å². The maximum Gasteiger partial charge on any atom is 0.288 e. The van der Waals surface area contributed by atoms with Crippen LogP contribution in [0.1, 0.15) is 23.2 Å². The third-order valence-electron chi connectivity index (χ3n) is 3.74. The SMILES string of the molecule is CNc1ncc([N+](=O)[O-])cc1C(=O)NCC1CCCN1C. The lowest BCUT2D eigenvalue weighted by molar-refractivity contribution is -0.385. The van der Waals surface area contributed by atoms with Crippen molar-refractivity contribution in [2.24, 2.45) is 0 Å². The molecule has 1 aromatic rings. The van der Waals surface area contributed by atoms with Gasteiger partial charge in [-0.25, -0.2) is 4.98 Å². The molecule has 8 nitrogen and oxygen atoms in total. The molecular formula is C13H19N5O3. The van der Waals surface area contributed by atoms with Gasteiger partial charge in [-0.3, -0.25) is 14.9 Å². The minimum atomic E-state index is -0.562. The van der Waals surface area contributed by atoms with E-state index in [0.29, 0.717) is 18.4 Å². The molecule has 2 rings (SSSR count). The van der Waals surface area contributed by atoms with Crippen molar-refractivity contribution in [2.45, 2.75) is 18.9 Å². The highest BCUT2D eigenvalue weighted by Crippen LogP contribution is 2.19. The van der Waals surface area contributed by atoms with Crippen LogP contribution < -0.4 is 10.6 Å². The number of amides is 1. The van der Waals surface area contributed by atoms with E-state index in [9.17, 15) is 14.9 Å². The Labute approximate surface area is 122 Å². The number of pyridine rings is 1. The van der Waals surface area contributed by atoms with E-state index in [1.807, 2.05) is 7.05 Å². The highest BCUT2D eigenvalue weighted by atomic mass is 16.6. The lowest BCUT2D eigenvalue weighted by Crippen LogP contribution is -2.38. The van der Waals surface area contributed by atoms with Gasteiger partial charge in [0.1, 0.15) is 12.0 Å². The summed E-state index contributed by atoms with van der Waals surface area (Å²) in [6, 6.07) is 1.56. The Morgan fingerprint density at radius 1 is 1.62 bits per heavy atom. The second-order valence-corrected chi connectivity index (χ2v) is 5.08. The smallest absolute Gasteiger partial charge is 0.288 e. The molecule has 0 radical (unpaired) electrons. The number of nitrogens with zero attached hydrogens (tertiary/aromatic N) is 3. The lowest BCUT2D eigenvalue weighted by Gasteiger charge is -2.19. The molecule has 1 aliphatic rings. The van der Waals surface area contributed by atoms with Gasteiger partial charge in [0.05, 0.1) is 10.5 Å². The fourth-order valence-corrected chi connectivity index (χ4v) is 2.47. The number of hydrogen-bond acceptors (Lipinski definition) is 6. The fraction of sp³-hybridized carbons (Fsp3) is 0.538. The number of nitrogens with one attached hydrogen (secondary N) is 2. The van der Waals surface area contributed by atoms with E-state index in [-0.39, 0.29) is 17.2 Å². The Morgan fingerprint density at radius 2 is 2.38 bits per heavy atom. The van der Waals surface area contributed by atoms with Crippen LogP contribution in [0.2, 0.25) is 0 Å². The number of hydrogen-bond donors (Lipinski definition) is 2. The van der Waals surface area contributed by atoms with Crippen LogP contribution in [0.4, 0.5) is 11.5 Å². The molecule has 1 aromatic heterocycles. The molecule has 1 fully saturated rings. The zero-order chi connectivity index (χ0) is 15.4. The first-order valence-electron chi connectivity index (χ1n) is 6.83. The Hall–Kier alpha value is -2.22. The van der Waals surface area contributed by atoms with E-state index in [1.165, 1.54) is 6.07 Å². The Kier molecular flexibility index (Phi) is 4.69. The Balaban J connectivity index is 2.10. The number of likely N-dealkylation sites (tertiary alicyclic amines) is 1. The predicted molar refractivity (Wildman–Crippen MR) is 78.4 cm³/mol. The van der Waals surface area contributed by atoms with Crippen LogP contribution in [0, 0.1) is 10.1 Å². The first kappa shape index (κ1) is 15.2. The molecule has 0 spiro atoms. The van der Waals surface area contributed by atoms with Gasteiger partial charge in [-0.2, -0.15) is 0 Å². The van der Waals surface area contributed by atoms with Crippen molar-refractivity contribution in [3.63, 3.8) is 0 Å². The van der Waals surface area contributed by atoms with Gasteiger partial charge in [-0.05, 0) is 26.4 Å². The molecule has 8 heteroatoms. The first-order valence-corrected chi connectivity index (χ1v) is 6.83. The third-order valence-corrected chi connectivity index (χ3v) is 3.74. The van der Waals surface area contributed by atoms with E-state index in [1.54, 1.807) is 7.05 Å². The van der Waals surface area contributed by atoms with Gasteiger partial charge in [-0.15, -0.1) is 0 Å². The van der Waals surface area contributed by atoms with Crippen LogP contribution in [0.15, 0.2) is 12.3 Å². The van der Waals surface area contributed by atoms with Gasteiger partial charge in [0.2, 0.25) is 0 Å². The average molecular weight is 293 g/mol. The summed E-state index contributed by atoms with van der Waals surface area (Å²) in [6.45, 7) is 1.56. The van der Waals surface area contributed by atoms with Gasteiger partial charge in [0.25, 0.3) is 11.6 Å². The topological polar surface area (TPSA) is 100 Å². The molecule has 1 unspecified atom stereocenters. The average Bonchev–Trinajstić information content (AvgIpc) is 2.89. The molecule has 114 valence electrons. The zero-order valence-corrected chi connectivity index (χ0v) is 12.1. The predicted octanol–water partition coefficient (Wildman–Crippen LogP) is 0.855. The first-order chi connectivity index (χ1) is 10.0. The van der Waals surface area contributed by atoms with Gasteiger partial charge in [-0.1, -0.05) is 0 Å².